The van der Waals surface area contributed by atoms with Gasteiger partial charge in [-0.3, -0.25) is 43.2 Å². The zero-order valence-electron chi connectivity index (χ0n) is 39.1. The van der Waals surface area contributed by atoms with Crippen LogP contribution in [0.25, 0.3) is 0 Å². The first-order valence-electron chi connectivity index (χ1n) is 25.3. The Hall–Kier alpha value is -4.93. The summed E-state index contributed by atoms with van der Waals surface area (Å²) in [6.45, 7) is 4.65. The summed E-state index contributed by atoms with van der Waals surface area (Å²) in [4.78, 5) is 119. The van der Waals surface area contributed by atoms with Crippen molar-refractivity contribution in [2.75, 3.05) is 52.4 Å². The first-order chi connectivity index (χ1) is 32.7. The van der Waals surface area contributed by atoms with Crippen LogP contribution in [0.2, 0.25) is 0 Å². The molecule has 0 unspecified atom stereocenters. The molecule has 4 aliphatic heterocycles. The molecule has 0 bridgehead atoms. The van der Waals surface area contributed by atoms with Gasteiger partial charge in [-0.15, -0.1) is 0 Å². The lowest BCUT2D eigenvalue weighted by atomic mass is 9.95. The Labute approximate surface area is 397 Å². The molecule has 0 aromatic carbocycles. The Morgan fingerprint density at radius 3 is 0.824 bits per heavy atom. The van der Waals surface area contributed by atoms with Gasteiger partial charge in [0.2, 0.25) is 53.2 Å². The van der Waals surface area contributed by atoms with Gasteiger partial charge in [-0.05, 0) is 51.4 Å². The van der Waals surface area contributed by atoms with E-state index >= 15 is 0 Å². The molecule has 9 amide bonds. The molecule has 14 N–H and O–H groups in total. The number of primary amides is 1. The minimum absolute atomic E-state index is 0.199. The van der Waals surface area contributed by atoms with Crippen LogP contribution in [0.5, 0.6) is 0 Å². The summed E-state index contributed by atoms with van der Waals surface area (Å²) in [7, 11) is 0. The van der Waals surface area contributed by atoms with Crippen molar-refractivity contribution < 1.29 is 43.2 Å². The standard InChI is InChI=1S/C46H73N13O9/c1-22(60)52-35-18-48-14-27(35)43(65)54-32-11-3-7-24(32)40(62)58-37-20-50-16-29(37)45(67)56-34-13-5-9-26(34)42(64)59-38-21-51-17-30(38)46(68)55-33-12-4-8-25(33)41(63)57-36-19-49-15-28(36)44(66)53-31-10-2-6-23(31)39(47)61/h23-38,48-51H,2-21H2,1H3,(H2,47,61)(H,52,60)(H,53,66)(H,54,65)(H,55,68)(H,56,67)(H,57,63)(H,58,62)(H,59,64)/t23-,24-,25-,26-,27-,28-,29-,30-,31-,32-,33-,34-,35-,36-,37-,38-/m1/s1. The fourth-order valence-electron chi connectivity index (χ4n) is 12.5. The molecular weight excluding hydrogens is 879 g/mol. The van der Waals surface area contributed by atoms with Crippen LogP contribution in [0.3, 0.4) is 0 Å². The maximum absolute atomic E-state index is 13.9. The Morgan fingerprint density at radius 2 is 0.544 bits per heavy atom. The number of amides is 9. The Morgan fingerprint density at radius 1 is 0.309 bits per heavy atom. The second-order valence-corrected chi connectivity index (χ2v) is 20.7. The lowest BCUT2D eigenvalue weighted by Gasteiger charge is -2.29. The van der Waals surface area contributed by atoms with E-state index in [-0.39, 0.29) is 65.4 Å². The molecular formula is C46H73N13O9. The highest BCUT2D eigenvalue weighted by atomic mass is 16.2. The van der Waals surface area contributed by atoms with Crippen LogP contribution >= 0.6 is 0 Å². The van der Waals surface area contributed by atoms with Gasteiger partial charge < -0.3 is 69.5 Å². The van der Waals surface area contributed by atoms with Gasteiger partial charge in [-0.1, -0.05) is 25.7 Å². The molecule has 16 atom stereocenters. The van der Waals surface area contributed by atoms with Crippen molar-refractivity contribution in [2.24, 2.45) is 53.1 Å². The van der Waals surface area contributed by atoms with E-state index in [1.165, 1.54) is 6.92 Å². The number of rotatable bonds is 16. The van der Waals surface area contributed by atoms with Crippen LogP contribution in [0.4, 0.5) is 0 Å². The fraction of sp³-hybridized carbons (Fsp3) is 0.804. The van der Waals surface area contributed by atoms with Crippen molar-refractivity contribution in [3.63, 3.8) is 0 Å². The van der Waals surface area contributed by atoms with Crippen LogP contribution in [0, 0.1) is 47.3 Å². The van der Waals surface area contributed by atoms with E-state index in [0.717, 1.165) is 25.7 Å². The van der Waals surface area contributed by atoms with Gasteiger partial charge in [0.25, 0.3) is 0 Å². The van der Waals surface area contributed by atoms with E-state index in [4.69, 9.17) is 5.73 Å². The predicted octanol–water partition coefficient (Wildman–Crippen LogP) is -4.55. The average molecular weight is 952 g/mol. The van der Waals surface area contributed by atoms with Crippen molar-refractivity contribution in [3.8, 4) is 0 Å². The molecule has 22 heteroatoms. The lowest BCUT2D eigenvalue weighted by Crippen LogP contribution is -2.55. The molecule has 4 saturated carbocycles. The van der Waals surface area contributed by atoms with E-state index in [0.29, 0.717) is 104 Å². The van der Waals surface area contributed by atoms with E-state index in [1.54, 1.807) is 0 Å². The fourth-order valence-corrected chi connectivity index (χ4v) is 12.5. The van der Waals surface area contributed by atoms with E-state index in [2.05, 4.69) is 63.8 Å². The molecule has 8 rings (SSSR count). The summed E-state index contributed by atoms with van der Waals surface area (Å²) in [6, 6.07) is -3.24. The molecule has 0 aromatic heterocycles. The zero-order chi connectivity index (χ0) is 48.1. The molecule has 4 heterocycles. The molecule has 0 spiro atoms. The topological polar surface area (TPSA) is 324 Å². The summed E-state index contributed by atoms with van der Waals surface area (Å²) >= 11 is 0. The zero-order valence-corrected chi connectivity index (χ0v) is 39.1. The van der Waals surface area contributed by atoms with Crippen molar-refractivity contribution in [1.82, 2.24) is 63.8 Å². The third-order valence-electron chi connectivity index (χ3n) is 16.3. The number of nitrogens with two attached hydrogens (primary N) is 1. The number of carbonyl (C=O) groups is 9. The number of hydrogen-bond acceptors (Lipinski definition) is 13. The SMILES string of the molecule is CC(=O)N[C@@H]1CNC[C@H]1C(=O)N[C@@H]1CCC[C@H]1C(=O)N[C@@H]1CNC[C@H]1C(=O)N[C@@H]1CCC[C@H]1C(=O)N[C@@H]1CNC[C@H]1C(=O)N[C@@H]1CCC[C@H]1C(=O)N[C@@H]1CNC[C@H]1C(=O)N[C@@H]1CCC[C@H]1C(N)=O. The van der Waals surface area contributed by atoms with Gasteiger partial charge in [0.05, 0.1) is 71.5 Å². The van der Waals surface area contributed by atoms with E-state index in [9.17, 15) is 43.2 Å². The maximum atomic E-state index is 13.9. The molecule has 8 fully saturated rings. The molecule has 376 valence electrons. The molecule has 68 heavy (non-hydrogen) atoms. The predicted molar refractivity (Wildman–Crippen MR) is 245 cm³/mol. The van der Waals surface area contributed by atoms with Crippen LogP contribution < -0.4 is 69.5 Å². The molecule has 4 saturated heterocycles. The third-order valence-corrected chi connectivity index (χ3v) is 16.3. The van der Waals surface area contributed by atoms with Crippen LogP contribution in [0.1, 0.15) is 84.0 Å². The van der Waals surface area contributed by atoms with Crippen LogP contribution in [-0.2, 0) is 43.2 Å². The van der Waals surface area contributed by atoms with Crippen molar-refractivity contribution >= 4 is 53.2 Å². The minimum Gasteiger partial charge on any atom is -0.369 e. The van der Waals surface area contributed by atoms with E-state index in [1.807, 2.05) is 0 Å². The smallest absolute Gasteiger partial charge is 0.226 e. The maximum Gasteiger partial charge on any atom is 0.226 e. The van der Waals surface area contributed by atoms with Crippen molar-refractivity contribution in [1.29, 1.82) is 0 Å². The number of hydrogen-bond donors (Lipinski definition) is 13. The van der Waals surface area contributed by atoms with Crippen LogP contribution in [0.15, 0.2) is 0 Å². The number of carbonyl (C=O) groups excluding carboxylic acids is 9. The van der Waals surface area contributed by atoms with Crippen molar-refractivity contribution in [3.05, 3.63) is 0 Å². The summed E-state index contributed by atoms with van der Waals surface area (Å²) in [5.41, 5.74) is 5.57. The van der Waals surface area contributed by atoms with Gasteiger partial charge in [0.15, 0.2) is 0 Å². The van der Waals surface area contributed by atoms with Crippen molar-refractivity contribution in [2.45, 2.75) is 132 Å². The minimum atomic E-state index is -0.577. The Balaban J connectivity index is 0.792. The second kappa shape index (κ2) is 22.2. The Bertz CT molecular complexity index is 1940. The van der Waals surface area contributed by atoms with E-state index < -0.39 is 83.5 Å². The Kier molecular flexibility index (Phi) is 16.2. The van der Waals surface area contributed by atoms with Gasteiger partial charge in [0, 0.05) is 83.4 Å². The first-order valence-corrected chi connectivity index (χ1v) is 25.3. The van der Waals surface area contributed by atoms with Gasteiger partial charge in [-0.2, -0.15) is 0 Å². The quantitative estimate of drug-likeness (QED) is 0.0695. The normalized spacial score (nSPS) is 37.5. The van der Waals surface area contributed by atoms with Crippen LogP contribution in [-0.4, -0.2) is 154 Å². The second-order valence-electron chi connectivity index (χ2n) is 20.7. The lowest BCUT2D eigenvalue weighted by molar-refractivity contribution is -0.132. The summed E-state index contributed by atoms with van der Waals surface area (Å²) < 4.78 is 0. The average Bonchev–Trinajstić information content (AvgIpc) is 4.14. The molecule has 4 aliphatic carbocycles. The summed E-state index contributed by atoms with van der Waals surface area (Å²) in [6.07, 6.45) is 8.03. The summed E-state index contributed by atoms with van der Waals surface area (Å²) in [5.74, 6) is -6.15. The molecule has 0 radical (unpaired) electrons. The molecule has 22 nitrogen and oxygen atoms in total. The van der Waals surface area contributed by atoms with Gasteiger partial charge >= 0.3 is 0 Å². The highest BCUT2D eigenvalue weighted by molar-refractivity contribution is 5.89. The number of nitrogens with one attached hydrogen (secondary N) is 12. The summed E-state index contributed by atoms with van der Waals surface area (Å²) in [5, 5.41) is 37.3. The van der Waals surface area contributed by atoms with Gasteiger partial charge in [-0.25, -0.2) is 0 Å². The largest absolute Gasteiger partial charge is 0.369 e. The highest BCUT2D eigenvalue weighted by Gasteiger charge is 2.46. The molecule has 0 aromatic rings. The first kappa shape index (κ1) is 49.5. The highest BCUT2D eigenvalue weighted by Crippen LogP contribution is 2.31. The monoisotopic (exact) mass is 952 g/mol. The third kappa shape index (κ3) is 11.4. The molecule has 8 aliphatic rings. The van der Waals surface area contributed by atoms with Gasteiger partial charge in [0.1, 0.15) is 0 Å².